The smallest absolute Gasteiger partial charge is 0.224 e. The topological polar surface area (TPSA) is 76.1 Å². The maximum absolute atomic E-state index is 12.1. The van der Waals surface area contributed by atoms with E-state index >= 15 is 0 Å². The van der Waals surface area contributed by atoms with Gasteiger partial charge in [-0.15, -0.1) is 11.3 Å². The quantitative estimate of drug-likeness (QED) is 0.897. The molecule has 2 aromatic rings. The number of carbonyl (C=O) groups is 1. The van der Waals surface area contributed by atoms with Gasteiger partial charge in [-0.2, -0.15) is 0 Å². The molecule has 124 valence electrons. The van der Waals surface area contributed by atoms with Crippen LogP contribution in [0.5, 0.6) is 0 Å². The summed E-state index contributed by atoms with van der Waals surface area (Å²) < 4.78 is 22.8. The third kappa shape index (κ3) is 4.62. The molecular weight excluding hydrogens is 332 g/mol. The molecule has 0 bridgehead atoms. The molecule has 2 rings (SSSR count). The fraction of sp³-hybridized carbons (Fsp3) is 0.375. The van der Waals surface area contributed by atoms with Crippen LogP contribution in [-0.4, -0.2) is 25.6 Å². The molecule has 7 heteroatoms. The summed E-state index contributed by atoms with van der Waals surface area (Å²) in [6, 6.07) is 6.23. The minimum atomic E-state index is -3.21. The van der Waals surface area contributed by atoms with Crippen LogP contribution < -0.4 is 5.32 Å². The molecular formula is C16H20N2O3S2. The highest BCUT2D eigenvalue weighted by atomic mass is 32.2. The number of carbonyl (C=O) groups excluding carboxylic acids is 1. The van der Waals surface area contributed by atoms with Crippen molar-refractivity contribution < 1.29 is 13.2 Å². The lowest BCUT2D eigenvalue weighted by Gasteiger charge is -2.13. The van der Waals surface area contributed by atoms with Gasteiger partial charge in [-0.3, -0.25) is 4.79 Å². The monoisotopic (exact) mass is 352 g/mol. The van der Waals surface area contributed by atoms with Gasteiger partial charge in [0.05, 0.1) is 28.1 Å². The Hall–Kier alpha value is -1.73. The average molecular weight is 352 g/mol. The highest BCUT2D eigenvalue weighted by molar-refractivity contribution is 7.90. The molecule has 0 unspecified atom stereocenters. The Morgan fingerprint density at radius 1 is 1.26 bits per heavy atom. The third-order valence-electron chi connectivity index (χ3n) is 3.44. The number of sulfone groups is 1. The number of amides is 1. The summed E-state index contributed by atoms with van der Waals surface area (Å²) in [6.45, 7) is 5.84. The van der Waals surface area contributed by atoms with Crippen molar-refractivity contribution in [3.63, 3.8) is 0 Å². The molecule has 1 amide bonds. The first kappa shape index (κ1) is 17.6. The van der Waals surface area contributed by atoms with Crippen molar-refractivity contribution >= 4 is 27.1 Å². The minimum Gasteiger partial charge on any atom is -0.348 e. The number of benzene rings is 1. The van der Waals surface area contributed by atoms with E-state index in [2.05, 4.69) is 10.3 Å². The zero-order valence-corrected chi connectivity index (χ0v) is 15.2. The Labute approximate surface area is 140 Å². The first-order valence-electron chi connectivity index (χ1n) is 7.19. The van der Waals surface area contributed by atoms with Crippen LogP contribution in [0.3, 0.4) is 0 Å². The van der Waals surface area contributed by atoms with E-state index in [4.69, 9.17) is 0 Å². The SMILES string of the molecule is Cc1nc([C@H](C)NC(=O)Cc2ccc(S(C)(=O)=O)cc2)c(C)s1. The average Bonchev–Trinajstić information content (AvgIpc) is 2.77. The summed E-state index contributed by atoms with van der Waals surface area (Å²) in [5, 5.41) is 3.91. The molecule has 1 heterocycles. The summed E-state index contributed by atoms with van der Waals surface area (Å²) >= 11 is 1.61. The first-order chi connectivity index (χ1) is 10.7. The van der Waals surface area contributed by atoms with E-state index in [0.29, 0.717) is 0 Å². The van der Waals surface area contributed by atoms with Gasteiger partial charge >= 0.3 is 0 Å². The van der Waals surface area contributed by atoms with E-state index in [1.165, 1.54) is 12.1 Å². The van der Waals surface area contributed by atoms with E-state index in [-0.39, 0.29) is 23.3 Å². The summed E-state index contributed by atoms with van der Waals surface area (Å²) in [5.74, 6) is -0.116. The maximum atomic E-state index is 12.1. The summed E-state index contributed by atoms with van der Waals surface area (Å²) in [5.41, 5.74) is 1.67. The molecule has 1 aromatic heterocycles. The predicted molar refractivity (Wildman–Crippen MR) is 91.4 cm³/mol. The fourth-order valence-electron chi connectivity index (χ4n) is 2.35. The van der Waals surface area contributed by atoms with Crippen molar-refractivity contribution in [3.8, 4) is 0 Å². The molecule has 0 aliphatic carbocycles. The van der Waals surface area contributed by atoms with Gasteiger partial charge in [0, 0.05) is 11.1 Å². The molecule has 5 nitrogen and oxygen atoms in total. The van der Waals surface area contributed by atoms with Crippen LogP contribution in [0.1, 0.15) is 34.1 Å². The first-order valence-corrected chi connectivity index (χ1v) is 9.90. The number of aryl methyl sites for hydroxylation is 2. The number of thiazole rings is 1. The van der Waals surface area contributed by atoms with Crippen molar-refractivity contribution in [3.05, 3.63) is 45.4 Å². The molecule has 0 saturated carbocycles. The van der Waals surface area contributed by atoms with Crippen LogP contribution in [0.15, 0.2) is 29.2 Å². The number of nitrogens with one attached hydrogen (secondary N) is 1. The second kappa shape index (κ2) is 6.80. The van der Waals surface area contributed by atoms with Gasteiger partial charge in [-0.05, 0) is 38.5 Å². The van der Waals surface area contributed by atoms with Gasteiger partial charge in [-0.25, -0.2) is 13.4 Å². The number of aromatic nitrogens is 1. The lowest BCUT2D eigenvalue weighted by Crippen LogP contribution is -2.28. The molecule has 0 radical (unpaired) electrons. The Morgan fingerprint density at radius 3 is 2.35 bits per heavy atom. The van der Waals surface area contributed by atoms with Gasteiger partial charge in [0.15, 0.2) is 9.84 Å². The van der Waals surface area contributed by atoms with E-state index in [9.17, 15) is 13.2 Å². The lowest BCUT2D eigenvalue weighted by atomic mass is 10.1. The number of nitrogens with zero attached hydrogens (tertiary/aromatic N) is 1. The van der Waals surface area contributed by atoms with E-state index in [1.54, 1.807) is 23.5 Å². The molecule has 1 atom stereocenters. The molecule has 0 fully saturated rings. The lowest BCUT2D eigenvalue weighted by molar-refractivity contribution is -0.121. The van der Waals surface area contributed by atoms with Crippen LogP contribution in [0.25, 0.3) is 0 Å². The van der Waals surface area contributed by atoms with Gasteiger partial charge in [0.1, 0.15) is 0 Å². The Balaban J connectivity index is 2.01. The zero-order valence-electron chi connectivity index (χ0n) is 13.6. The number of hydrogen-bond donors (Lipinski definition) is 1. The third-order valence-corrected chi connectivity index (χ3v) is 5.47. The van der Waals surface area contributed by atoms with Gasteiger partial charge in [0.25, 0.3) is 0 Å². The van der Waals surface area contributed by atoms with Crippen molar-refractivity contribution in [2.45, 2.75) is 38.1 Å². The van der Waals surface area contributed by atoms with Crippen molar-refractivity contribution in [1.82, 2.24) is 10.3 Å². The van der Waals surface area contributed by atoms with E-state index in [1.807, 2.05) is 20.8 Å². The highest BCUT2D eigenvalue weighted by Gasteiger charge is 2.16. The van der Waals surface area contributed by atoms with E-state index < -0.39 is 9.84 Å². The van der Waals surface area contributed by atoms with Gasteiger partial charge in [-0.1, -0.05) is 12.1 Å². The molecule has 1 aromatic carbocycles. The maximum Gasteiger partial charge on any atom is 0.224 e. The van der Waals surface area contributed by atoms with Crippen molar-refractivity contribution in [2.24, 2.45) is 0 Å². The summed E-state index contributed by atoms with van der Waals surface area (Å²) in [4.78, 5) is 17.9. The van der Waals surface area contributed by atoms with Gasteiger partial charge < -0.3 is 5.32 Å². The predicted octanol–water partition coefficient (Wildman–Crippen LogP) is 2.58. The van der Waals surface area contributed by atoms with Crippen molar-refractivity contribution in [2.75, 3.05) is 6.26 Å². The molecule has 0 spiro atoms. The molecule has 0 saturated heterocycles. The van der Waals surface area contributed by atoms with Crippen LogP contribution >= 0.6 is 11.3 Å². The second-order valence-corrected chi connectivity index (χ2v) is 8.98. The van der Waals surface area contributed by atoms with Crippen LogP contribution in [0.2, 0.25) is 0 Å². The fourth-order valence-corrected chi connectivity index (χ4v) is 3.89. The van der Waals surface area contributed by atoms with Crippen LogP contribution in [0, 0.1) is 13.8 Å². The Morgan fingerprint density at radius 2 is 1.87 bits per heavy atom. The summed E-state index contributed by atoms with van der Waals surface area (Å²) in [7, 11) is -3.21. The van der Waals surface area contributed by atoms with Crippen LogP contribution in [-0.2, 0) is 21.1 Å². The molecule has 0 aliphatic heterocycles. The van der Waals surface area contributed by atoms with E-state index in [0.717, 1.165) is 27.4 Å². The number of rotatable bonds is 5. The molecule has 23 heavy (non-hydrogen) atoms. The largest absolute Gasteiger partial charge is 0.348 e. The minimum absolute atomic E-state index is 0.116. The number of hydrogen-bond acceptors (Lipinski definition) is 5. The van der Waals surface area contributed by atoms with Crippen LogP contribution in [0.4, 0.5) is 0 Å². The Bertz CT molecular complexity index is 808. The van der Waals surface area contributed by atoms with Crippen molar-refractivity contribution in [1.29, 1.82) is 0 Å². The highest BCUT2D eigenvalue weighted by Crippen LogP contribution is 2.22. The Kier molecular flexibility index (Phi) is 5.21. The zero-order chi connectivity index (χ0) is 17.2. The summed E-state index contributed by atoms with van der Waals surface area (Å²) in [6.07, 6.45) is 1.37. The molecule has 1 N–H and O–H groups in total. The molecule has 0 aliphatic rings. The van der Waals surface area contributed by atoms with Gasteiger partial charge in [0.2, 0.25) is 5.91 Å². The normalized spacial score (nSPS) is 12.9. The second-order valence-electron chi connectivity index (χ2n) is 5.56. The standard InChI is InChI=1S/C16H20N2O3S2/c1-10(16-11(2)22-12(3)18-16)17-15(19)9-13-5-7-14(8-6-13)23(4,20)21/h5-8,10H,9H2,1-4H3,(H,17,19)/t10-/m0/s1.